The number of sulfonamides is 1. The summed E-state index contributed by atoms with van der Waals surface area (Å²) in [6.07, 6.45) is 1.48. The highest BCUT2D eigenvalue weighted by Crippen LogP contribution is 2.16. The van der Waals surface area contributed by atoms with E-state index in [-0.39, 0.29) is 23.2 Å². The zero-order valence-corrected chi connectivity index (χ0v) is 11.0. The Morgan fingerprint density at radius 1 is 1.44 bits per heavy atom. The number of pyridine rings is 1. The van der Waals surface area contributed by atoms with Crippen LogP contribution in [0.25, 0.3) is 0 Å². The molecule has 0 unspecified atom stereocenters. The Morgan fingerprint density at radius 3 is 2.78 bits per heavy atom. The van der Waals surface area contributed by atoms with Crippen molar-refractivity contribution in [2.75, 3.05) is 25.5 Å². The van der Waals surface area contributed by atoms with E-state index in [1.807, 2.05) is 0 Å². The topological polar surface area (TPSA) is 100 Å². The molecule has 0 radical (unpaired) electrons. The van der Waals surface area contributed by atoms with Gasteiger partial charge >= 0.3 is 0 Å². The van der Waals surface area contributed by atoms with Crippen molar-refractivity contribution in [1.82, 2.24) is 15.0 Å². The Morgan fingerprint density at radius 2 is 2.17 bits per heavy atom. The van der Waals surface area contributed by atoms with Crippen LogP contribution < -0.4 is 15.4 Å². The standard InChI is InChI=1S/C10H16N4O3S/c1-3-12-9(15)7-14-18(16,17)8-5-4-6-13-10(8)11-2/h4-6,14H,3,7H2,1-2H3,(H,11,13)(H,12,15). The highest BCUT2D eigenvalue weighted by Gasteiger charge is 2.19. The average Bonchev–Trinajstić information content (AvgIpc) is 2.37. The van der Waals surface area contributed by atoms with Crippen molar-refractivity contribution in [3.63, 3.8) is 0 Å². The van der Waals surface area contributed by atoms with E-state index in [1.165, 1.54) is 18.3 Å². The summed E-state index contributed by atoms with van der Waals surface area (Å²) in [5, 5.41) is 5.18. The smallest absolute Gasteiger partial charge is 0.244 e. The van der Waals surface area contributed by atoms with Crippen LogP contribution >= 0.6 is 0 Å². The molecule has 0 bridgehead atoms. The number of rotatable bonds is 6. The van der Waals surface area contributed by atoms with Gasteiger partial charge in [0, 0.05) is 19.8 Å². The van der Waals surface area contributed by atoms with Crippen LogP contribution in [0.1, 0.15) is 6.92 Å². The van der Waals surface area contributed by atoms with E-state index in [1.54, 1.807) is 14.0 Å². The van der Waals surface area contributed by atoms with E-state index in [0.29, 0.717) is 6.54 Å². The Balaban J connectivity index is 2.83. The van der Waals surface area contributed by atoms with Crippen LogP contribution in [0.2, 0.25) is 0 Å². The SMILES string of the molecule is CCNC(=O)CNS(=O)(=O)c1cccnc1NC. The first-order valence-corrected chi connectivity index (χ1v) is 6.88. The third-order valence-corrected chi connectivity index (χ3v) is 3.53. The second-order valence-corrected chi connectivity index (χ2v) is 5.11. The predicted molar refractivity (Wildman–Crippen MR) is 67.7 cm³/mol. The third kappa shape index (κ3) is 3.67. The first-order valence-electron chi connectivity index (χ1n) is 5.40. The van der Waals surface area contributed by atoms with Gasteiger partial charge in [-0.3, -0.25) is 4.79 Å². The number of anilines is 1. The Kier molecular flexibility index (Phi) is 5.05. The summed E-state index contributed by atoms with van der Waals surface area (Å²) in [6, 6.07) is 2.93. The Labute approximate surface area is 106 Å². The molecule has 18 heavy (non-hydrogen) atoms. The molecule has 8 heteroatoms. The van der Waals surface area contributed by atoms with E-state index in [2.05, 4.69) is 20.3 Å². The number of likely N-dealkylation sites (N-methyl/N-ethyl adjacent to an activating group) is 1. The maximum atomic E-state index is 11.9. The molecule has 0 aromatic carbocycles. The van der Waals surface area contributed by atoms with Crippen LogP contribution in [0.3, 0.4) is 0 Å². The molecule has 1 aromatic heterocycles. The highest BCUT2D eigenvalue weighted by molar-refractivity contribution is 7.89. The maximum Gasteiger partial charge on any atom is 0.244 e. The number of nitrogens with zero attached hydrogens (tertiary/aromatic N) is 1. The van der Waals surface area contributed by atoms with E-state index in [9.17, 15) is 13.2 Å². The van der Waals surface area contributed by atoms with Crippen LogP contribution in [0, 0.1) is 0 Å². The van der Waals surface area contributed by atoms with Gasteiger partial charge in [-0.05, 0) is 19.1 Å². The molecule has 1 amide bonds. The summed E-state index contributed by atoms with van der Waals surface area (Å²) in [7, 11) is -2.18. The molecule has 0 aliphatic rings. The minimum absolute atomic E-state index is 0.0109. The first kappa shape index (κ1) is 14.4. The van der Waals surface area contributed by atoms with Gasteiger partial charge in [-0.15, -0.1) is 0 Å². The number of carbonyl (C=O) groups is 1. The number of hydrogen-bond acceptors (Lipinski definition) is 5. The molecule has 0 spiro atoms. The largest absolute Gasteiger partial charge is 0.372 e. The molecule has 1 rings (SSSR count). The molecule has 0 aliphatic carbocycles. The van der Waals surface area contributed by atoms with Crippen molar-refractivity contribution in [3.05, 3.63) is 18.3 Å². The zero-order chi connectivity index (χ0) is 13.6. The molecular weight excluding hydrogens is 256 g/mol. The van der Waals surface area contributed by atoms with Crippen LogP contribution in [0.4, 0.5) is 5.82 Å². The summed E-state index contributed by atoms with van der Waals surface area (Å²) < 4.78 is 26.1. The van der Waals surface area contributed by atoms with Crippen molar-refractivity contribution in [3.8, 4) is 0 Å². The first-order chi connectivity index (χ1) is 8.51. The second-order valence-electron chi connectivity index (χ2n) is 3.38. The Bertz CT molecular complexity index is 516. The lowest BCUT2D eigenvalue weighted by Crippen LogP contribution is -2.37. The summed E-state index contributed by atoms with van der Waals surface area (Å²) >= 11 is 0. The fraction of sp³-hybridized carbons (Fsp3) is 0.400. The van der Waals surface area contributed by atoms with E-state index < -0.39 is 10.0 Å². The number of aromatic nitrogens is 1. The predicted octanol–water partition coefficient (Wildman–Crippen LogP) is -0.462. The fourth-order valence-corrected chi connectivity index (χ4v) is 2.44. The molecule has 7 nitrogen and oxygen atoms in total. The van der Waals surface area contributed by atoms with Gasteiger partial charge < -0.3 is 10.6 Å². The van der Waals surface area contributed by atoms with Crippen LogP contribution in [0.5, 0.6) is 0 Å². The fourth-order valence-electron chi connectivity index (χ4n) is 1.29. The second kappa shape index (κ2) is 6.31. The van der Waals surface area contributed by atoms with Gasteiger partial charge in [0.2, 0.25) is 15.9 Å². The molecule has 0 saturated carbocycles. The third-order valence-electron chi connectivity index (χ3n) is 2.09. The molecule has 0 aliphatic heterocycles. The molecule has 1 heterocycles. The van der Waals surface area contributed by atoms with Crippen molar-refractivity contribution in [2.24, 2.45) is 0 Å². The monoisotopic (exact) mass is 272 g/mol. The zero-order valence-electron chi connectivity index (χ0n) is 10.2. The molecule has 0 atom stereocenters. The van der Waals surface area contributed by atoms with E-state index in [4.69, 9.17) is 0 Å². The number of carbonyl (C=O) groups excluding carboxylic acids is 1. The van der Waals surface area contributed by atoms with Gasteiger partial charge in [0.15, 0.2) is 0 Å². The highest BCUT2D eigenvalue weighted by atomic mass is 32.2. The van der Waals surface area contributed by atoms with Gasteiger partial charge in [-0.2, -0.15) is 0 Å². The lowest BCUT2D eigenvalue weighted by atomic mass is 10.5. The van der Waals surface area contributed by atoms with Gasteiger partial charge in [-0.25, -0.2) is 18.1 Å². The Hall–Kier alpha value is -1.67. The minimum atomic E-state index is -3.75. The quantitative estimate of drug-likeness (QED) is 0.650. The minimum Gasteiger partial charge on any atom is -0.372 e. The van der Waals surface area contributed by atoms with Crippen molar-refractivity contribution >= 4 is 21.7 Å². The molecule has 100 valence electrons. The molecule has 3 N–H and O–H groups in total. The normalized spacial score (nSPS) is 11.0. The van der Waals surface area contributed by atoms with Crippen LogP contribution in [0.15, 0.2) is 23.2 Å². The molecule has 1 aromatic rings. The van der Waals surface area contributed by atoms with Gasteiger partial charge in [-0.1, -0.05) is 0 Å². The van der Waals surface area contributed by atoms with Gasteiger partial charge in [0.1, 0.15) is 10.7 Å². The average molecular weight is 272 g/mol. The number of nitrogens with one attached hydrogen (secondary N) is 3. The lowest BCUT2D eigenvalue weighted by Gasteiger charge is -2.09. The van der Waals surface area contributed by atoms with E-state index >= 15 is 0 Å². The molecule has 0 fully saturated rings. The molecule has 0 saturated heterocycles. The summed E-state index contributed by atoms with van der Waals surface area (Å²) in [5.41, 5.74) is 0. The van der Waals surface area contributed by atoms with Crippen molar-refractivity contribution in [2.45, 2.75) is 11.8 Å². The number of hydrogen-bond donors (Lipinski definition) is 3. The van der Waals surface area contributed by atoms with Crippen molar-refractivity contribution < 1.29 is 13.2 Å². The maximum absolute atomic E-state index is 11.9. The number of amides is 1. The molecular formula is C10H16N4O3S. The summed E-state index contributed by atoms with van der Waals surface area (Å²) in [5.74, 6) is -0.142. The van der Waals surface area contributed by atoms with Gasteiger partial charge in [0.05, 0.1) is 6.54 Å². The van der Waals surface area contributed by atoms with Gasteiger partial charge in [0.25, 0.3) is 0 Å². The van der Waals surface area contributed by atoms with E-state index in [0.717, 1.165) is 0 Å². The van der Waals surface area contributed by atoms with Crippen molar-refractivity contribution in [1.29, 1.82) is 0 Å². The van der Waals surface area contributed by atoms with Crippen LogP contribution in [-0.2, 0) is 14.8 Å². The summed E-state index contributed by atoms with van der Waals surface area (Å²) in [6.45, 7) is 1.91. The lowest BCUT2D eigenvalue weighted by molar-refractivity contribution is -0.119. The van der Waals surface area contributed by atoms with Crippen LogP contribution in [-0.4, -0.2) is 39.4 Å². The summed E-state index contributed by atoms with van der Waals surface area (Å²) in [4.78, 5) is 15.1.